The van der Waals surface area contributed by atoms with E-state index in [0.717, 1.165) is 11.4 Å². The Morgan fingerprint density at radius 3 is 2.19 bits per heavy atom. The highest BCUT2D eigenvalue weighted by molar-refractivity contribution is 8.86. The van der Waals surface area contributed by atoms with Crippen LogP contribution in [0.25, 0.3) is 0 Å². The summed E-state index contributed by atoms with van der Waals surface area (Å²) in [6.07, 6.45) is 0. The normalized spacial score (nSPS) is 10.7. The van der Waals surface area contributed by atoms with Gasteiger partial charge < -0.3 is 16.8 Å². The third-order valence-electron chi connectivity index (χ3n) is 2.44. The van der Waals surface area contributed by atoms with Crippen LogP contribution in [0.2, 0.25) is 0 Å². The van der Waals surface area contributed by atoms with Crippen LogP contribution in [0.5, 0.6) is 0 Å². The molecule has 108 valence electrons. The van der Waals surface area contributed by atoms with E-state index in [9.17, 15) is 0 Å². The first kappa shape index (κ1) is 15.3. The van der Waals surface area contributed by atoms with Gasteiger partial charge in [0, 0.05) is 17.1 Å². The van der Waals surface area contributed by atoms with Crippen molar-refractivity contribution in [3.05, 3.63) is 48.5 Å². The fourth-order valence-corrected chi connectivity index (χ4v) is 2.57. The van der Waals surface area contributed by atoms with Gasteiger partial charge in [0.2, 0.25) is 0 Å². The Bertz CT molecular complexity index is 623. The molecule has 0 fully saturated rings. The maximum absolute atomic E-state index is 7.81. The first-order valence-corrected chi connectivity index (χ1v) is 8.27. The second-order valence-electron chi connectivity index (χ2n) is 4.08. The van der Waals surface area contributed by atoms with Crippen molar-refractivity contribution in [2.45, 2.75) is 0 Å². The van der Waals surface area contributed by atoms with E-state index in [4.69, 9.17) is 16.9 Å². The van der Waals surface area contributed by atoms with Gasteiger partial charge in [-0.15, -0.1) is 0 Å². The smallest absolute Gasteiger partial charge is 0.169 e. The molecule has 0 unspecified atom stereocenters. The van der Waals surface area contributed by atoms with Gasteiger partial charge in [0.1, 0.15) is 0 Å². The molecule has 0 aliphatic carbocycles. The standard InChI is InChI=1S/C14H15N5S2/c15-10-1-5-12(6-2-10)18-9-20-21-14(17)19-13-7-3-11(16)4-8-13/h1-9H,15-16H2,(H2,17,19)/b18-9+. The Hall–Kier alpha value is -2.12. The fourth-order valence-electron chi connectivity index (χ4n) is 1.43. The summed E-state index contributed by atoms with van der Waals surface area (Å²) >= 11 is 0. The number of rotatable bonds is 4. The molecule has 0 radical (unpaired) electrons. The van der Waals surface area contributed by atoms with Crippen molar-refractivity contribution in [1.82, 2.24) is 0 Å². The molecule has 0 saturated carbocycles. The van der Waals surface area contributed by atoms with E-state index in [0.29, 0.717) is 16.5 Å². The lowest BCUT2D eigenvalue weighted by Crippen LogP contribution is -2.04. The van der Waals surface area contributed by atoms with Crippen molar-refractivity contribution in [3.8, 4) is 0 Å². The molecule has 2 aromatic carbocycles. The van der Waals surface area contributed by atoms with Crippen molar-refractivity contribution in [2.75, 3.05) is 16.8 Å². The molecule has 0 aliphatic rings. The number of amidine groups is 1. The molecule has 0 aliphatic heterocycles. The van der Waals surface area contributed by atoms with Gasteiger partial charge in [-0.05, 0) is 70.1 Å². The molecule has 0 heterocycles. The Labute approximate surface area is 131 Å². The van der Waals surface area contributed by atoms with Crippen molar-refractivity contribution in [2.24, 2.45) is 4.99 Å². The Balaban J connectivity index is 1.76. The summed E-state index contributed by atoms with van der Waals surface area (Å²) in [4.78, 5) is 4.26. The first-order chi connectivity index (χ1) is 10.1. The lowest BCUT2D eigenvalue weighted by atomic mass is 10.3. The minimum Gasteiger partial charge on any atom is -0.399 e. The molecule has 6 N–H and O–H groups in total. The van der Waals surface area contributed by atoms with Gasteiger partial charge in [-0.25, -0.2) is 4.99 Å². The number of anilines is 3. The van der Waals surface area contributed by atoms with Crippen molar-refractivity contribution in [3.63, 3.8) is 0 Å². The molecule has 0 amide bonds. The largest absolute Gasteiger partial charge is 0.399 e. The maximum atomic E-state index is 7.81. The molecule has 21 heavy (non-hydrogen) atoms. The molecule has 5 nitrogen and oxygen atoms in total. The van der Waals surface area contributed by atoms with Crippen molar-refractivity contribution < 1.29 is 0 Å². The molecule has 0 bridgehead atoms. The van der Waals surface area contributed by atoms with Crippen molar-refractivity contribution in [1.29, 1.82) is 5.41 Å². The summed E-state index contributed by atoms with van der Waals surface area (Å²) in [6.45, 7) is 0. The van der Waals surface area contributed by atoms with Crippen LogP contribution >= 0.6 is 21.6 Å². The van der Waals surface area contributed by atoms with E-state index in [1.807, 2.05) is 24.3 Å². The summed E-state index contributed by atoms with van der Waals surface area (Å²) in [5.41, 5.74) is 16.0. The molecular formula is C14H15N5S2. The van der Waals surface area contributed by atoms with Crippen LogP contribution in [0.1, 0.15) is 0 Å². The predicted octanol–water partition coefficient (Wildman–Crippen LogP) is 3.94. The van der Waals surface area contributed by atoms with Gasteiger partial charge in [0.15, 0.2) is 5.17 Å². The van der Waals surface area contributed by atoms with Gasteiger partial charge in [0.25, 0.3) is 0 Å². The predicted molar refractivity (Wildman–Crippen MR) is 96.4 cm³/mol. The summed E-state index contributed by atoms with van der Waals surface area (Å²) in [6, 6.07) is 14.5. The van der Waals surface area contributed by atoms with Crippen LogP contribution < -0.4 is 16.8 Å². The lowest BCUT2D eigenvalue weighted by Gasteiger charge is -2.05. The summed E-state index contributed by atoms with van der Waals surface area (Å²) in [5, 5.41) is 11.1. The first-order valence-electron chi connectivity index (χ1n) is 6.06. The molecule has 2 rings (SSSR count). The van der Waals surface area contributed by atoms with Gasteiger partial charge in [-0.2, -0.15) is 0 Å². The molecule has 7 heteroatoms. The highest BCUT2D eigenvalue weighted by Gasteiger charge is 1.98. The summed E-state index contributed by atoms with van der Waals surface area (Å²) < 4.78 is 0. The number of nitrogen functional groups attached to an aromatic ring is 2. The summed E-state index contributed by atoms with van der Waals surface area (Å²) in [5.74, 6) is 0. The summed E-state index contributed by atoms with van der Waals surface area (Å²) in [7, 11) is 2.65. The van der Waals surface area contributed by atoms with Crippen LogP contribution in [0.3, 0.4) is 0 Å². The molecule has 0 atom stereocenters. The van der Waals surface area contributed by atoms with E-state index in [2.05, 4.69) is 10.3 Å². The number of hydrogen-bond donors (Lipinski definition) is 4. The third kappa shape index (κ3) is 5.41. The zero-order valence-electron chi connectivity index (χ0n) is 11.1. The maximum Gasteiger partial charge on any atom is 0.169 e. The van der Waals surface area contributed by atoms with E-state index < -0.39 is 0 Å². The molecule has 0 spiro atoms. The highest BCUT2D eigenvalue weighted by Crippen LogP contribution is 2.23. The topological polar surface area (TPSA) is 100 Å². The highest BCUT2D eigenvalue weighted by atomic mass is 33.1. The van der Waals surface area contributed by atoms with Crippen LogP contribution in [-0.2, 0) is 0 Å². The Morgan fingerprint density at radius 2 is 1.57 bits per heavy atom. The lowest BCUT2D eigenvalue weighted by molar-refractivity contribution is 1.52. The van der Waals surface area contributed by atoms with E-state index in [-0.39, 0.29) is 0 Å². The average molecular weight is 317 g/mol. The van der Waals surface area contributed by atoms with Gasteiger partial charge >= 0.3 is 0 Å². The number of benzene rings is 2. The molecular weight excluding hydrogens is 302 g/mol. The third-order valence-corrected chi connectivity index (χ3v) is 4.04. The number of nitrogens with zero attached hydrogens (tertiary/aromatic N) is 1. The van der Waals surface area contributed by atoms with Gasteiger partial charge in [-0.1, -0.05) is 0 Å². The zero-order chi connectivity index (χ0) is 15.1. The molecule has 2 aromatic rings. The molecule has 0 aromatic heterocycles. The van der Waals surface area contributed by atoms with Crippen LogP contribution in [0, 0.1) is 5.41 Å². The number of nitrogens with one attached hydrogen (secondary N) is 2. The second kappa shape index (κ2) is 7.61. The monoisotopic (exact) mass is 317 g/mol. The van der Waals surface area contributed by atoms with Crippen molar-refractivity contribution >= 4 is 55.1 Å². The Kier molecular flexibility index (Phi) is 5.53. The zero-order valence-corrected chi connectivity index (χ0v) is 12.7. The number of nitrogens with two attached hydrogens (primary N) is 2. The van der Waals surface area contributed by atoms with E-state index in [1.165, 1.54) is 21.6 Å². The SMILES string of the molecule is N=C(Nc1ccc(N)cc1)SS/C=N/c1ccc(N)cc1. The van der Waals surface area contributed by atoms with Crippen LogP contribution in [0.4, 0.5) is 22.7 Å². The fraction of sp³-hybridized carbons (Fsp3) is 0. The quantitative estimate of drug-likeness (QED) is 0.296. The van der Waals surface area contributed by atoms with E-state index in [1.54, 1.807) is 29.8 Å². The minimum absolute atomic E-state index is 0.327. The van der Waals surface area contributed by atoms with Crippen LogP contribution in [0.15, 0.2) is 53.5 Å². The van der Waals surface area contributed by atoms with E-state index >= 15 is 0 Å². The van der Waals surface area contributed by atoms with Crippen LogP contribution in [-0.4, -0.2) is 10.7 Å². The molecule has 0 saturated heterocycles. The number of hydrogen-bond acceptors (Lipinski definition) is 6. The van der Waals surface area contributed by atoms with Gasteiger partial charge in [0.05, 0.1) is 11.2 Å². The number of aliphatic imine (C=N–C) groups is 1. The Morgan fingerprint density at radius 1 is 1.00 bits per heavy atom. The minimum atomic E-state index is 0.327. The van der Waals surface area contributed by atoms with Gasteiger partial charge in [-0.3, -0.25) is 5.41 Å². The second-order valence-corrected chi connectivity index (χ2v) is 6.14. The average Bonchev–Trinajstić information content (AvgIpc) is 2.48.